The van der Waals surface area contributed by atoms with Crippen molar-refractivity contribution >= 4 is 23.0 Å². The number of aryl methyl sites for hydroxylation is 2. The molecule has 1 atom stereocenters. The molecule has 2 nitrogen and oxygen atoms in total. The van der Waals surface area contributed by atoms with E-state index in [1.807, 2.05) is 0 Å². The number of nitrogens with one attached hydrogen (secondary N) is 2. The van der Waals surface area contributed by atoms with Crippen LogP contribution in [0.25, 0.3) is 0 Å². The molecule has 1 aromatic carbocycles. The van der Waals surface area contributed by atoms with Crippen molar-refractivity contribution in [3.63, 3.8) is 0 Å². The second kappa shape index (κ2) is 7.37. The molecule has 18 heavy (non-hydrogen) atoms. The number of thiocarbonyl (C=S) groups is 1. The molecule has 100 valence electrons. The van der Waals surface area contributed by atoms with Gasteiger partial charge in [0.2, 0.25) is 0 Å². The summed E-state index contributed by atoms with van der Waals surface area (Å²) in [6.45, 7) is 8.63. The maximum atomic E-state index is 5.37. The van der Waals surface area contributed by atoms with Gasteiger partial charge in [-0.1, -0.05) is 39.0 Å². The van der Waals surface area contributed by atoms with Gasteiger partial charge in [0.1, 0.15) is 0 Å². The minimum atomic E-state index is 0.406. The van der Waals surface area contributed by atoms with Gasteiger partial charge < -0.3 is 10.6 Å². The van der Waals surface area contributed by atoms with Crippen LogP contribution in [0.2, 0.25) is 0 Å². The molecule has 2 N–H and O–H groups in total. The average Bonchev–Trinajstić information content (AvgIpc) is 2.38. The van der Waals surface area contributed by atoms with E-state index in [4.69, 9.17) is 12.2 Å². The van der Waals surface area contributed by atoms with Gasteiger partial charge in [-0.25, -0.2) is 0 Å². The lowest BCUT2D eigenvalue weighted by Crippen LogP contribution is -2.35. The zero-order valence-corrected chi connectivity index (χ0v) is 12.7. The Kier molecular flexibility index (Phi) is 6.13. The van der Waals surface area contributed by atoms with Crippen LogP contribution in [0.5, 0.6) is 0 Å². The minimum Gasteiger partial charge on any atom is -0.360 e. The van der Waals surface area contributed by atoms with Crippen LogP contribution < -0.4 is 10.6 Å². The first-order valence-electron chi connectivity index (χ1n) is 6.80. The summed E-state index contributed by atoms with van der Waals surface area (Å²) in [5.74, 6) is 0. The lowest BCUT2D eigenvalue weighted by atomic mass is 10.0. The predicted octanol–water partition coefficient (Wildman–Crippen LogP) is 3.90. The van der Waals surface area contributed by atoms with Crippen molar-refractivity contribution in [1.29, 1.82) is 0 Å². The van der Waals surface area contributed by atoms with E-state index in [0.29, 0.717) is 6.04 Å². The van der Waals surface area contributed by atoms with Gasteiger partial charge in [0.05, 0.1) is 0 Å². The molecule has 1 aromatic rings. The van der Waals surface area contributed by atoms with Gasteiger partial charge >= 0.3 is 0 Å². The molecule has 0 heterocycles. The molecule has 0 saturated heterocycles. The quantitative estimate of drug-likeness (QED) is 0.789. The number of benzene rings is 1. The molecule has 0 spiro atoms. The van der Waals surface area contributed by atoms with Crippen LogP contribution in [-0.2, 0) is 12.8 Å². The molecule has 0 radical (unpaired) electrons. The van der Waals surface area contributed by atoms with Crippen LogP contribution in [0.15, 0.2) is 18.2 Å². The molecule has 0 bridgehead atoms. The number of anilines is 1. The summed E-state index contributed by atoms with van der Waals surface area (Å²) < 4.78 is 0. The van der Waals surface area contributed by atoms with Crippen molar-refractivity contribution in [3.8, 4) is 0 Å². The number of hydrogen-bond donors (Lipinski definition) is 2. The monoisotopic (exact) mass is 264 g/mol. The second-order valence-corrected chi connectivity index (χ2v) is 4.97. The summed E-state index contributed by atoms with van der Waals surface area (Å²) in [5, 5.41) is 7.39. The highest BCUT2D eigenvalue weighted by Gasteiger charge is 2.08. The lowest BCUT2D eigenvalue weighted by Gasteiger charge is -2.19. The Hall–Kier alpha value is -1.09. The summed E-state index contributed by atoms with van der Waals surface area (Å²) in [5.41, 5.74) is 3.83. The van der Waals surface area contributed by atoms with Gasteiger partial charge in [-0.3, -0.25) is 0 Å². The third-order valence-electron chi connectivity index (χ3n) is 3.23. The van der Waals surface area contributed by atoms with Crippen molar-refractivity contribution in [2.75, 3.05) is 5.32 Å². The normalized spacial score (nSPS) is 12.0. The second-order valence-electron chi connectivity index (χ2n) is 4.57. The zero-order valence-electron chi connectivity index (χ0n) is 11.8. The fraction of sp³-hybridized carbons (Fsp3) is 0.533. The van der Waals surface area contributed by atoms with Gasteiger partial charge in [-0.2, -0.15) is 0 Å². The van der Waals surface area contributed by atoms with E-state index in [1.165, 1.54) is 16.8 Å². The Morgan fingerprint density at radius 3 is 2.17 bits per heavy atom. The number of para-hydroxylation sites is 1. The molecule has 0 aliphatic rings. The summed E-state index contributed by atoms with van der Waals surface area (Å²) in [6.07, 6.45) is 3.10. The van der Waals surface area contributed by atoms with Crippen molar-refractivity contribution in [1.82, 2.24) is 5.32 Å². The Balaban J connectivity index is 2.85. The lowest BCUT2D eigenvalue weighted by molar-refractivity contribution is 0.646. The number of rotatable bonds is 5. The molecular formula is C15H24N2S. The van der Waals surface area contributed by atoms with Gasteiger partial charge in [0.25, 0.3) is 0 Å². The third-order valence-corrected chi connectivity index (χ3v) is 3.45. The standard InChI is InChI=1S/C15H24N2S/c1-5-11(4)16-15(18)17-14-12(6-2)9-8-10-13(14)7-3/h8-11H,5-7H2,1-4H3,(H2,16,17,18)/t11-/m0/s1. The van der Waals surface area contributed by atoms with Gasteiger partial charge in [-0.15, -0.1) is 0 Å². The van der Waals surface area contributed by atoms with Crippen LogP contribution in [0.1, 0.15) is 45.2 Å². The maximum absolute atomic E-state index is 5.37. The zero-order chi connectivity index (χ0) is 13.5. The van der Waals surface area contributed by atoms with Crippen molar-refractivity contribution in [2.45, 2.75) is 53.0 Å². The Bertz CT molecular complexity index is 379. The van der Waals surface area contributed by atoms with E-state index >= 15 is 0 Å². The molecule has 0 fully saturated rings. The highest BCUT2D eigenvalue weighted by Crippen LogP contribution is 2.22. The van der Waals surface area contributed by atoms with Crippen molar-refractivity contribution in [2.24, 2.45) is 0 Å². The Morgan fingerprint density at radius 1 is 1.17 bits per heavy atom. The predicted molar refractivity (Wildman–Crippen MR) is 84.3 cm³/mol. The first kappa shape index (κ1) is 15.0. The molecule has 0 aliphatic carbocycles. The average molecular weight is 264 g/mol. The van der Waals surface area contributed by atoms with E-state index in [-0.39, 0.29) is 0 Å². The summed E-state index contributed by atoms with van der Waals surface area (Å²) in [7, 11) is 0. The van der Waals surface area contributed by atoms with Crippen LogP contribution in [0.4, 0.5) is 5.69 Å². The molecule has 0 amide bonds. The summed E-state index contributed by atoms with van der Waals surface area (Å²) in [6, 6.07) is 6.85. The van der Waals surface area contributed by atoms with E-state index in [2.05, 4.69) is 56.5 Å². The van der Waals surface area contributed by atoms with E-state index < -0.39 is 0 Å². The largest absolute Gasteiger partial charge is 0.360 e. The number of hydrogen-bond acceptors (Lipinski definition) is 1. The molecule has 0 aromatic heterocycles. The molecular weight excluding hydrogens is 240 g/mol. The van der Waals surface area contributed by atoms with Crippen molar-refractivity contribution in [3.05, 3.63) is 29.3 Å². The minimum absolute atomic E-state index is 0.406. The van der Waals surface area contributed by atoms with Crippen LogP contribution >= 0.6 is 12.2 Å². The highest BCUT2D eigenvalue weighted by molar-refractivity contribution is 7.80. The van der Waals surface area contributed by atoms with E-state index in [0.717, 1.165) is 24.4 Å². The summed E-state index contributed by atoms with van der Waals surface area (Å²) in [4.78, 5) is 0. The van der Waals surface area contributed by atoms with Gasteiger partial charge in [-0.05, 0) is 49.5 Å². The molecule has 0 saturated carbocycles. The molecule has 1 rings (SSSR count). The highest BCUT2D eigenvalue weighted by atomic mass is 32.1. The van der Waals surface area contributed by atoms with Crippen molar-refractivity contribution < 1.29 is 0 Å². The maximum Gasteiger partial charge on any atom is 0.171 e. The fourth-order valence-corrected chi connectivity index (χ4v) is 2.18. The molecule has 0 unspecified atom stereocenters. The smallest absolute Gasteiger partial charge is 0.171 e. The molecule has 3 heteroatoms. The van der Waals surface area contributed by atoms with E-state index in [9.17, 15) is 0 Å². The summed E-state index contributed by atoms with van der Waals surface area (Å²) >= 11 is 5.37. The first-order chi connectivity index (χ1) is 8.62. The first-order valence-corrected chi connectivity index (χ1v) is 7.21. The molecule has 0 aliphatic heterocycles. The Morgan fingerprint density at radius 2 is 1.72 bits per heavy atom. The van der Waals surface area contributed by atoms with E-state index in [1.54, 1.807) is 0 Å². The van der Waals surface area contributed by atoms with Crippen LogP contribution in [0, 0.1) is 0 Å². The van der Waals surface area contributed by atoms with Gasteiger partial charge in [0, 0.05) is 11.7 Å². The Labute approximate surface area is 116 Å². The SMILES string of the molecule is CCc1cccc(CC)c1NC(=S)N[C@@H](C)CC. The van der Waals surface area contributed by atoms with Crippen LogP contribution in [-0.4, -0.2) is 11.2 Å². The van der Waals surface area contributed by atoms with Crippen LogP contribution in [0.3, 0.4) is 0 Å². The van der Waals surface area contributed by atoms with Gasteiger partial charge in [0.15, 0.2) is 5.11 Å². The topological polar surface area (TPSA) is 24.1 Å². The third kappa shape index (κ3) is 3.98. The fourth-order valence-electron chi connectivity index (χ4n) is 1.88.